The number of carbonyl (C=O) groups is 1. The third-order valence-electron chi connectivity index (χ3n) is 1.60. The van der Waals surface area contributed by atoms with Gasteiger partial charge in [-0.3, -0.25) is 0 Å². The fourth-order valence-electron chi connectivity index (χ4n) is 0.860. The van der Waals surface area contributed by atoms with Crippen molar-refractivity contribution in [3.8, 4) is 0 Å². The Labute approximate surface area is 82.5 Å². The third-order valence-corrected chi connectivity index (χ3v) is 2.50. The highest BCUT2D eigenvalue weighted by Gasteiger charge is 2.36. The van der Waals surface area contributed by atoms with Gasteiger partial charge in [-0.25, -0.2) is 13.2 Å². The number of ether oxygens (including phenoxy) is 1. The van der Waals surface area contributed by atoms with Crippen LogP contribution in [0.5, 0.6) is 0 Å². The predicted molar refractivity (Wildman–Crippen MR) is 45.6 cm³/mol. The van der Waals surface area contributed by atoms with Crippen molar-refractivity contribution in [2.75, 3.05) is 13.2 Å². The van der Waals surface area contributed by atoms with Crippen LogP contribution in [0, 0.1) is 0 Å². The zero-order chi connectivity index (χ0) is 10.6. The maximum atomic E-state index is 11.1. The second-order valence-electron chi connectivity index (χ2n) is 2.80. The normalized spacial score (nSPS) is 24.8. The minimum Gasteiger partial charge on any atom is -0.464 e. The second kappa shape index (κ2) is 4.72. The minimum absolute atomic E-state index is 0.273. The molecule has 1 rings (SSSR count). The van der Waals surface area contributed by atoms with E-state index in [1.165, 1.54) is 0 Å². The van der Waals surface area contributed by atoms with Crippen LogP contribution >= 0.6 is 0 Å². The van der Waals surface area contributed by atoms with Gasteiger partial charge in [0.05, 0.1) is 6.61 Å². The summed E-state index contributed by atoms with van der Waals surface area (Å²) >= 11 is 0. The van der Waals surface area contributed by atoms with E-state index < -0.39 is 22.5 Å². The van der Waals surface area contributed by atoms with Crippen molar-refractivity contribution in [2.24, 2.45) is 0 Å². The first-order valence-electron chi connectivity index (χ1n) is 4.29. The van der Waals surface area contributed by atoms with Crippen LogP contribution in [0.4, 0.5) is 0 Å². The zero-order valence-electron chi connectivity index (χ0n) is 7.76. The molecule has 1 atom stereocenters. The summed E-state index contributed by atoms with van der Waals surface area (Å²) in [6.07, 6.45) is 0.497. The molecule has 0 radical (unpaired) electrons. The average molecular weight is 224 g/mol. The molecular weight excluding hydrogens is 212 g/mol. The summed E-state index contributed by atoms with van der Waals surface area (Å²) in [5.74, 6) is -0.695. The van der Waals surface area contributed by atoms with Crippen LogP contribution in [0.1, 0.15) is 19.8 Å². The molecule has 0 spiro atoms. The highest BCUT2D eigenvalue weighted by Crippen LogP contribution is 2.13. The van der Waals surface area contributed by atoms with E-state index in [0.717, 1.165) is 12.8 Å². The van der Waals surface area contributed by atoms with E-state index in [9.17, 15) is 13.2 Å². The molecule has 1 heterocycles. The maximum Gasteiger partial charge on any atom is 0.400 e. The van der Waals surface area contributed by atoms with E-state index in [1.54, 1.807) is 0 Å². The van der Waals surface area contributed by atoms with Crippen LogP contribution in [-0.4, -0.2) is 33.7 Å². The van der Waals surface area contributed by atoms with Gasteiger partial charge in [0.25, 0.3) is 0 Å². The van der Waals surface area contributed by atoms with Crippen molar-refractivity contribution in [1.82, 2.24) is 0 Å². The monoisotopic (exact) mass is 224 g/mol. The summed E-state index contributed by atoms with van der Waals surface area (Å²) in [5, 5.41) is 0. The van der Waals surface area contributed by atoms with E-state index in [1.807, 2.05) is 6.92 Å². The Bertz CT molecular complexity index is 295. The van der Waals surface area contributed by atoms with Crippen molar-refractivity contribution in [2.45, 2.75) is 25.9 Å². The first-order valence-corrected chi connectivity index (χ1v) is 5.63. The lowest BCUT2D eigenvalue weighted by Gasteiger charge is -2.05. The Balaban J connectivity index is 2.33. The van der Waals surface area contributed by atoms with E-state index in [2.05, 4.69) is 8.37 Å². The van der Waals surface area contributed by atoms with Crippen LogP contribution in [0.25, 0.3) is 0 Å². The number of hydrogen-bond donors (Lipinski definition) is 0. The molecule has 0 amide bonds. The molecule has 0 aromatic carbocycles. The standard InChI is InChI=1S/C7H12O6S/c1-2-3-4-11-7(8)6-5-12-14(9,10)13-6/h6H,2-5H2,1H3. The molecule has 1 fully saturated rings. The molecule has 0 aromatic rings. The van der Waals surface area contributed by atoms with Gasteiger partial charge in [0, 0.05) is 0 Å². The van der Waals surface area contributed by atoms with Gasteiger partial charge in [0.2, 0.25) is 6.10 Å². The Morgan fingerprint density at radius 2 is 2.29 bits per heavy atom. The molecule has 1 saturated heterocycles. The number of esters is 1. The van der Waals surface area contributed by atoms with Crippen LogP contribution in [0.15, 0.2) is 0 Å². The van der Waals surface area contributed by atoms with Crippen molar-refractivity contribution < 1.29 is 26.3 Å². The SMILES string of the molecule is CCCCOC(=O)C1COS(=O)(=O)O1. The van der Waals surface area contributed by atoms with Gasteiger partial charge in [-0.1, -0.05) is 13.3 Å². The fraction of sp³-hybridized carbons (Fsp3) is 0.857. The Kier molecular flexibility index (Phi) is 3.85. The number of carbonyl (C=O) groups excluding carboxylic acids is 1. The largest absolute Gasteiger partial charge is 0.464 e. The van der Waals surface area contributed by atoms with Crippen LogP contribution < -0.4 is 0 Å². The summed E-state index contributed by atoms with van der Waals surface area (Å²) in [4.78, 5) is 11.1. The fourth-order valence-corrected chi connectivity index (χ4v) is 1.62. The molecule has 0 bridgehead atoms. The molecular formula is C7H12O6S. The molecule has 82 valence electrons. The zero-order valence-corrected chi connectivity index (χ0v) is 8.58. The average Bonchev–Trinajstić information content (AvgIpc) is 2.46. The van der Waals surface area contributed by atoms with E-state index >= 15 is 0 Å². The Hall–Kier alpha value is -0.660. The molecule has 1 aliphatic rings. The molecule has 0 N–H and O–H groups in total. The highest BCUT2D eigenvalue weighted by molar-refractivity contribution is 7.82. The molecule has 14 heavy (non-hydrogen) atoms. The lowest BCUT2D eigenvalue weighted by Crippen LogP contribution is -2.25. The van der Waals surface area contributed by atoms with Crippen molar-refractivity contribution in [3.05, 3.63) is 0 Å². The van der Waals surface area contributed by atoms with Gasteiger partial charge in [-0.05, 0) is 6.42 Å². The quantitative estimate of drug-likeness (QED) is 0.493. The summed E-state index contributed by atoms with van der Waals surface area (Å²) in [5.41, 5.74) is 0. The number of hydrogen-bond acceptors (Lipinski definition) is 6. The molecule has 0 aliphatic carbocycles. The van der Waals surface area contributed by atoms with Gasteiger partial charge in [0.1, 0.15) is 6.61 Å². The summed E-state index contributed by atoms with van der Waals surface area (Å²) in [6.45, 7) is 1.93. The first-order chi connectivity index (χ1) is 6.55. The highest BCUT2D eigenvalue weighted by atomic mass is 32.3. The molecule has 1 aliphatic heterocycles. The van der Waals surface area contributed by atoms with Crippen molar-refractivity contribution in [3.63, 3.8) is 0 Å². The predicted octanol–water partition coefficient (Wildman–Crippen LogP) is -0.0101. The molecule has 1 unspecified atom stereocenters. The van der Waals surface area contributed by atoms with Gasteiger partial charge < -0.3 is 4.74 Å². The Morgan fingerprint density at radius 3 is 2.79 bits per heavy atom. The smallest absolute Gasteiger partial charge is 0.400 e. The lowest BCUT2D eigenvalue weighted by molar-refractivity contribution is -0.151. The van der Waals surface area contributed by atoms with Crippen LogP contribution in [0.2, 0.25) is 0 Å². The van der Waals surface area contributed by atoms with Crippen molar-refractivity contribution in [1.29, 1.82) is 0 Å². The topological polar surface area (TPSA) is 78.9 Å². The van der Waals surface area contributed by atoms with Crippen LogP contribution in [0.3, 0.4) is 0 Å². The molecule has 0 aromatic heterocycles. The third kappa shape index (κ3) is 3.24. The number of unbranched alkanes of at least 4 members (excludes halogenated alkanes) is 1. The van der Waals surface area contributed by atoms with Crippen molar-refractivity contribution >= 4 is 16.4 Å². The molecule has 0 saturated carbocycles. The minimum atomic E-state index is -3.97. The van der Waals surface area contributed by atoms with E-state index in [-0.39, 0.29) is 13.2 Å². The van der Waals surface area contributed by atoms with E-state index in [4.69, 9.17) is 4.74 Å². The first kappa shape index (κ1) is 11.4. The van der Waals surface area contributed by atoms with Gasteiger partial charge >= 0.3 is 16.4 Å². The molecule has 7 heteroatoms. The maximum absolute atomic E-state index is 11.1. The summed E-state index contributed by atoms with van der Waals surface area (Å²) in [6, 6.07) is 0. The number of rotatable bonds is 4. The summed E-state index contributed by atoms with van der Waals surface area (Å²) < 4.78 is 34.5. The van der Waals surface area contributed by atoms with Crippen LogP contribution in [-0.2, 0) is 28.3 Å². The van der Waals surface area contributed by atoms with Gasteiger partial charge in [-0.2, -0.15) is 8.42 Å². The second-order valence-corrected chi connectivity index (χ2v) is 4.04. The van der Waals surface area contributed by atoms with Gasteiger partial charge in [0.15, 0.2) is 0 Å². The molecule has 6 nitrogen and oxygen atoms in total. The summed E-state index contributed by atoms with van der Waals surface area (Å²) in [7, 11) is -3.97. The Morgan fingerprint density at radius 1 is 1.57 bits per heavy atom. The lowest BCUT2D eigenvalue weighted by atomic mass is 10.3. The van der Waals surface area contributed by atoms with Gasteiger partial charge in [-0.15, -0.1) is 0 Å². The van der Waals surface area contributed by atoms with E-state index in [0.29, 0.717) is 0 Å².